The lowest BCUT2D eigenvalue weighted by atomic mass is 9.97. The molecule has 2 aromatic carbocycles. The fourth-order valence-corrected chi connectivity index (χ4v) is 2.76. The maximum Gasteiger partial charge on any atom is 0.255 e. The van der Waals surface area contributed by atoms with Gasteiger partial charge in [0.1, 0.15) is 0 Å². The van der Waals surface area contributed by atoms with Crippen molar-refractivity contribution in [2.24, 2.45) is 5.92 Å². The summed E-state index contributed by atoms with van der Waals surface area (Å²) in [6, 6.07) is 13.7. The van der Waals surface area contributed by atoms with Crippen LogP contribution in [-0.2, 0) is 0 Å². The van der Waals surface area contributed by atoms with Crippen LogP contribution in [0.15, 0.2) is 48.5 Å². The number of rotatable bonds is 4. The first-order chi connectivity index (χ1) is 11.1. The predicted octanol–water partition coefficient (Wildman–Crippen LogP) is 3.81. The Labute approximate surface area is 152 Å². The molecule has 0 bridgehead atoms. The minimum atomic E-state index is -0.208. The van der Waals surface area contributed by atoms with Gasteiger partial charge < -0.3 is 10.6 Å². The molecule has 2 aromatic rings. The Balaban J connectivity index is 0.00000208. The summed E-state index contributed by atoms with van der Waals surface area (Å²) in [6.07, 6.45) is 0.883. The van der Waals surface area contributed by atoms with E-state index in [1.807, 2.05) is 0 Å². The SMILES string of the molecule is Cl.O=C(Nc1ccc(C(=O)C2CCNC2)cc1)c1ccc(Cl)cc1. The molecular formula is C18H18Cl2N2O2. The number of hydrogen-bond acceptors (Lipinski definition) is 3. The van der Waals surface area contributed by atoms with Crippen molar-refractivity contribution >= 4 is 41.4 Å². The van der Waals surface area contributed by atoms with Gasteiger partial charge in [-0.15, -0.1) is 12.4 Å². The number of Topliss-reactive ketones (excluding diaryl/α,β-unsaturated/α-hetero) is 1. The van der Waals surface area contributed by atoms with Crippen molar-refractivity contribution in [1.29, 1.82) is 0 Å². The fourth-order valence-electron chi connectivity index (χ4n) is 2.64. The molecule has 1 fully saturated rings. The van der Waals surface area contributed by atoms with Crippen molar-refractivity contribution in [2.45, 2.75) is 6.42 Å². The summed E-state index contributed by atoms with van der Waals surface area (Å²) >= 11 is 5.81. The van der Waals surface area contributed by atoms with E-state index in [0.29, 0.717) is 21.8 Å². The van der Waals surface area contributed by atoms with Crippen molar-refractivity contribution in [3.63, 3.8) is 0 Å². The zero-order valence-electron chi connectivity index (χ0n) is 12.9. The zero-order chi connectivity index (χ0) is 16.2. The highest BCUT2D eigenvalue weighted by atomic mass is 35.5. The second-order valence-corrected chi connectivity index (χ2v) is 6.03. The van der Waals surface area contributed by atoms with Gasteiger partial charge in [0.05, 0.1) is 0 Å². The molecule has 2 N–H and O–H groups in total. The molecule has 1 amide bonds. The van der Waals surface area contributed by atoms with E-state index in [9.17, 15) is 9.59 Å². The molecule has 1 aliphatic rings. The second-order valence-electron chi connectivity index (χ2n) is 5.59. The third kappa shape index (κ3) is 4.35. The van der Waals surface area contributed by atoms with E-state index >= 15 is 0 Å². The highest BCUT2D eigenvalue weighted by Gasteiger charge is 2.23. The van der Waals surface area contributed by atoms with Crippen LogP contribution in [0.1, 0.15) is 27.1 Å². The largest absolute Gasteiger partial charge is 0.322 e. The van der Waals surface area contributed by atoms with Gasteiger partial charge in [0.25, 0.3) is 5.91 Å². The molecule has 6 heteroatoms. The molecule has 4 nitrogen and oxygen atoms in total. The maximum atomic E-state index is 12.3. The Morgan fingerprint density at radius 1 is 1.00 bits per heavy atom. The van der Waals surface area contributed by atoms with Gasteiger partial charge in [-0.25, -0.2) is 0 Å². The van der Waals surface area contributed by atoms with Gasteiger partial charge in [-0.05, 0) is 61.5 Å². The van der Waals surface area contributed by atoms with E-state index in [2.05, 4.69) is 10.6 Å². The molecule has 0 spiro atoms. The highest BCUT2D eigenvalue weighted by Crippen LogP contribution is 2.18. The summed E-state index contributed by atoms with van der Waals surface area (Å²) in [6.45, 7) is 1.64. The Morgan fingerprint density at radius 3 is 2.21 bits per heavy atom. The smallest absolute Gasteiger partial charge is 0.255 e. The van der Waals surface area contributed by atoms with E-state index in [-0.39, 0.29) is 30.0 Å². The highest BCUT2D eigenvalue weighted by molar-refractivity contribution is 6.30. The summed E-state index contributed by atoms with van der Waals surface area (Å²) in [5.74, 6) is 0.0100. The molecular weight excluding hydrogens is 347 g/mol. The first-order valence-electron chi connectivity index (χ1n) is 7.55. The lowest BCUT2D eigenvalue weighted by Gasteiger charge is -2.09. The third-order valence-electron chi connectivity index (χ3n) is 3.96. The Kier molecular flexibility index (Phi) is 6.37. The summed E-state index contributed by atoms with van der Waals surface area (Å²) < 4.78 is 0. The molecule has 126 valence electrons. The number of halogens is 2. The summed E-state index contributed by atoms with van der Waals surface area (Å²) in [7, 11) is 0. The summed E-state index contributed by atoms with van der Waals surface area (Å²) in [4.78, 5) is 24.4. The standard InChI is InChI=1S/C18H17ClN2O2.ClH/c19-15-5-1-13(2-6-15)18(23)21-16-7-3-12(4-8-16)17(22)14-9-10-20-11-14;/h1-8,14,20H,9-11H2,(H,21,23);1H. The summed E-state index contributed by atoms with van der Waals surface area (Å²) in [5.41, 5.74) is 1.88. The molecule has 0 radical (unpaired) electrons. The maximum absolute atomic E-state index is 12.3. The number of anilines is 1. The molecule has 0 aromatic heterocycles. The normalized spacial score (nSPS) is 16.3. The van der Waals surface area contributed by atoms with E-state index in [0.717, 1.165) is 19.5 Å². The van der Waals surface area contributed by atoms with E-state index in [1.54, 1.807) is 48.5 Å². The van der Waals surface area contributed by atoms with Crippen LogP contribution in [0.3, 0.4) is 0 Å². The van der Waals surface area contributed by atoms with Crippen LogP contribution in [0.4, 0.5) is 5.69 Å². The third-order valence-corrected chi connectivity index (χ3v) is 4.22. The minimum absolute atomic E-state index is 0. The van der Waals surface area contributed by atoms with Crippen LogP contribution in [0, 0.1) is 5.92 Å². The molecule has 1 unspecified atom stereocenters. The Hall–Kier alpha value is -1.88. The minimum Gasteiger partial charge on any atom is -0.322 e. The number of benzene rings is 2. The lowest BCUT2D eigenvalue weighted by Crippen LogP contribution is -2.18. The van der Waals surface area contributed by atoms with Crippen LogP contribution < -0.4 is 10.6 Å². The molecule has 0 saturated carbocycles. The van der Waals surface area contributed by atoms with Gasteiger partial charge in [-0.2, -0.15) is 0 Å². The monoisotopic (exact) mass is 364 g/mol. The lowest BCUT2D eigenvalue weighted by molar-refractivity contribution is 0.0930. The van der Waals surface area contributed by atoms with E-state index in [4.69, 9.17) is 11.6 Å². The number of carbonyl (C=O) groups excluding carboxylic acids is 2. The molecule has 1 saturated heterocycles. The van der Waals surface area contributed by atoms with Crippen LogP contribution in [0.2, 0.25) is 5.02 Å². The molecule has 1 heterocycles. The fraction of sp³-hybridized carbons (Fsp3) is 0.222. The van der Waals surface area contributed by atoms with Gasteiger partial charge in [0.2, 0.25) is 0 Å². The van der Waals surface area contributed by atoms with E-state index in [1.165, 1.54) is 0 Å². The average Bonchev–Trinajstić information content (AvgIpc) is 3.10. The van der Waals surface area contributed by atoms with E-state index < -0.39 is 0 Å². The molecule has 0 aliphatic carbocycles. The molecule has 3 rings (SSSR count). The molecule has 24 heavy (non-hydrogen) atoms. The first-order valence-corrected chi connectivity index (χ1v) is 7.93. The number of ketones is 1. The van der Waals surface area contributed by atoms with Crippen molar-refractivity contribution < 1.29 is 9.59 Å². The van der Waals surface area contributed by atoms with Crippen LogP contribution in [0.5, 0.6) is 0 Å². The number of hydrogen-bond donors (Lipinski definition) is 2. The van der Waals surface area contributed by atoms with Gasteiger partial charge in [0, 0.05) is 34.3 Å². The van der Waals surface area contributed by atoms with Crippen molar-refractivity contribution in [3.8, 4) is 0 Å². The van der Waals surface area contributed by atoms with Gasteiger partial charge in [-0.3, -0.25) is 9.59 Å². The predicted molar refractivity (Wildman–Crippen MR) is 98.4 cm³/mol. The van der Waals surface area contributed by atoms with Crippen molar-refractivity contribution in [2.75, 3.05) is 18.4 Å². The number of nitrogens with one attached hydrogen (secondary N) is 2. The summed E-state index contributed by atoms with van der Waals surface area (Å²) in [5, 5.41) is 6.59. The van der Waals surface area contributed by atoms with Crippen molar-refractivity contribution in [3.05, 3.63) is 64.7 Å². The van der Waals surface area contributed by atoms with Crippen LogP contribution in [-0.4, -0.2) is 24.8 Å². The first kappa shape index (κ1) is 18.5. The Morgan fingerprint density at radius 2 is 1.62 bits per heavy atom. The second kappa shape index (κ2) is 8.29. The average molecular weight is 365 g/mol. The van der Waals surface area contributed by atoms with Crippen LogP contribution >= 0.6 is 24.0 Å². The molecule has 1 atom stereocenters. The van der Waals surface area contributed by atoms with Gasteiger partial charge >= 0.3 is 0 Å². The van der Waals surface area contributed by atoms with Gasteiger partial charge in [-0.1, -0.05) is 11.6 Å². The van der Waals surface area contributed by atoms with Crippen molar-refractivity contribution in [1.82, 2.24) is 5.32 Å². The number of carbonyl (C=O) groups is 2. The quantitative estimate of drug-likeness (QED) is 0.811. The molecule has 1 aliphatic heterocycles. The van der Waals surface area contributed by atoms with Crippen LogP contribution in [0.25, 0.3) is 0 Å². The Bertz CT molecular complexity index is 709. The zero-order valence-corrected chi connectivity index (χ0v) is 14.5. The number of amides is 1. The van der Waals surface area contributed by atoms with Gasteiger partial charge in [0.15, 0.2) is 5.78 Å². The topological polar surface area (TPSA) is 58.2 Å².